The van der Waals surface area contributed by atoms with Crippen LogP contribution in [-0.4, -0.2) is 36.2 Å². The van der Waals surface area contributed by atoms with Crippen LogP contribution in [0.2, 0.25) is 0 Å². The van der Waals surface area contributed by atoms with Gasteiger partial charge in [-0.1, -0.05) is 12.1 Å². The highest BCUT2D eigenvalue weighted by Gasteiger charge is 2.02. The van der Waals surface area contributed by atoms with E-state index in [1.165, 1.54) is 0 Å². The van der Waals surface area contributed by atoms with Gasteiger partial charge < -0.3 is 15.8 Å². The Hall–Kier alpha value is -1.40. The van der Waals surface area contributed by atoms with E-state index < -0.39 is 10.8 Å². The molecule has 0 amide bonds. The van der Waals surface area contributed by atoms with E-state index in [9.17, 15) is 4.21 Å². The summed E-state index contributed by atoms with van der Waals surface area (Å²) in [5.74, 6) is 0.396. The number of rotatable bonds is 6. The molecule has 0 heterocycles. The summed E-state index contributed by atoms with van der Waals surface area (Å²) >= 11 is 0. The molecule has 6 heteroatoms. The third-order valence-corrected chi connectivity index (χ3v) is 3.43. The van der Waals surface area contributed by atoms with Crippen molar-refractivity contribution in [2.45, 2.75) is 24.4 Å². The first-order valence-corrected chi connectivity index (χ1v) is 7.56. The molecule has 0 aliphatic heterocycles. The van der Waals surface area contributed by atoms with E-state index in [0.29, 0.717) is 19.1 Å². The molecule has 0 bridgehead atoms. The zero-order valence-electron chi connectivity index (χ0n) is 11.6. The number of hydrogen-bond donors (Lipinski definition) is 2. The van der Waals surface area contributed by atoms with Gasteiger partial charge in [-0.15, -0.1) is 0 Å². The number of methoxy groups -OCH3 is 1. The molecule has 5 nitrogen and oxygen atoms in total. The topological polar surface area (TPSA) is 76.7 Å². The molecule has 1 aromatic rings. The SMILES string of the molecule is COCC(C)NC(N)=NCc1ccc(S(C)=O)cc1. The van der Waals surface area contributed by atoms with E-state index >= 15 is 0 Å². The van der Waals surface area contributed by atoms with E-state index in [0.717, 1.165) is 10.5 Å². The number of hydrogen-bond acceptors (Lipinski definition) is 3. The third-order valence-electron chi connectivity index (χ3n) is 2.50. The van der Waals surface area contributed by atoms with Gasteiger partial charge in [0.2, 0.25) is 0 Å². The highest BCUT2D eigenvalue weighted by atomic mass is 32.2. The third kappa shape index (κ3) is 5.85. The fourth-order valence-electron chi connectivity index (χ4n) is 1.55. The molecule has 19 heavy (non-hydrogen) atoms. The van der Waals surface area contributed by atoms with Crippen molar-refractivity contribution < 1.29 is 8.95 Å². The molecule has 3 N–H and O–H groups in total. The van der Waals surface area contributed by atoms with Crippen LogP contribution in [-0.2, 0) is 22.1 Å². The predicted molar refractivity (Wildman–Crippen MR) is 78.6 cm³/mol. The Kier molecular flexibility index (Phi) is 6.52. The summed E-state index contributed by atoms with van der Waals surface area (Å²) in [7, 11) is 0.697. The molecule has 0 aliphatic rings. The van der Waals surface area contributed by atoms with E-state index in [4.69, 9.17) is 10.5 Å². The van der Waals surface area contributed by atoms with Crippen LogP contribution in [0, 0.1) is 0 Å². The van der Waals surface area contributed by atoms with Crippen molar-refractivity contribution in [1.82, 2.24) is 5.32 Å². The minimum Gasteiger partial charge on any atom is -0.383 e. The molecule has 0 radical (unpaired) electrons. The highest BCUT2D eigenvalue weighted by Crippen LogP contribution is 2.08. The van der Waals surface area contributed by atoms with Crippen LogP contribution in [0.1, 0.15) is 12.5 Å². The Labute approximate surface area is 116 Å². The highest BCUT2D eigenvalue weighted by molar-refractivity contribution is 7.84. The van der Waals surface area contributed by atoms with E-state index in [-0.39, 0.29) is 6.04 Å². The lowest BCUT2D eigenvalue weighted by atomic mass is 10.2. The number of nitrogens with two attached hydrogens (primary N) is 1. The summed E-state index contributed by atoms with van der Waals surface area (Å²) in [5.41, 5.74) is 6.79. The van der Waals surface area contributed by atoms with Crippen LogP contribution < -0.4 is 11.1 Å². The molecule has 0 saturated carbocycles. The molecule has 0 spiro atoms. The summed E-state index contributed by atoms with van der Waals surface area (Å²) in [6, 6.07) is 7.63. The lowest BCUT2D eigenvalue weighted by Crippen LogP contribution is -2.40. The van der Waals surface area contributed by atoms with Crippen LogP contribution in [0.4, 0.5) is 0 Å². The van der Waals surface area contributed by atoms with Gasteiger partial charge in [-0.05, 0) is 24.6 Å². The molecule has 0 fully saturated rings. The molecular weight excluding hydrogens is 262 g/mol. The second-order valence-corrected chi connectivity index (χ2v) is 5.68. The molecule has 2 unspecified atom stereocenters. The Bertz CT molecular complexity index is 446. The maximum Gasteiger partial charge on any atom is 0.189 e. The molecule has 0 aromatic heterocycles. The van der Waals surface area contributed by atoms with Crippen molar-refractivity contribution in [2.24, 2.45) is 10.7 Å². The summed E-state index contributed by atoms with van der Waals surface area (Å²) < 4.78 is 16.2. The van der Waals surface area contributed by atoms with Gasteiger partial charge in [0.1, 0.15) is 0 Å². The molecule has 0 saturated heterocycles. The summed E-state index contributed by atoms with van der Waals surface area (Å²) in [6.45, 7) is 3.04. The lowest BCUT2D eigenvalue weighted by Gasteiger charge is -2.13. The Morgan fingerprint density at radius 3 is 2.63 bits per heavy atom. The largest absolute Gasteiger partial charge is 0.383 e. The van der Waals surface area contributed by atoms with Gasteiger partial charge in [-0.25, -0.2) is 4.99 Å². The normalized spacial score (nSPS) is 15.0. The fourth-order valence-corrected chi connectivity index (χ4v) is 2.07. The lowest BCUT2D eigenvalue weighted by molar-refractivity contribution is 0.179. The molecular formula is C13H21N3O2S. The zero-order chi connectivity index (χ0) is 14.3. The smallest absolute Gasteiger partial charge is 0.189 e. The first-order chi connectivity index (χ1) is 9.02. The maximum atomic E-state index is 11.2. The van der Waals surface area contributed by atoms with Gasteiger partial charge in [0.15, 0.2) is 5.96 Å². The molecule has 106 valence electrons. The van der Waals surface area contributed by atoms with Crippen molar-refractivity contribution in [3.05, 3.63) is 29.8 Å². The summed E-state index contributed by atoms with van der Waals surface area (Å²) in [4.78, 5) is 5.06. The standard InChI is InChI=1S/C13H21N3O2S/c1-10(9-18-2)16-13(14)15-8-11-4-6-12(7-5-11)19(3)17/h4-7,10H,8-9H2,1-3H3,(H3,14,15,16). The first kappa shape index (κ1) is 15.7. The molecule has 1 aromatic carbocycles. The van der Waals surface area contributed by atoms with Crippen molar-refractivity contribution in [1.29, 1.82) is 0 Å². The van der Waals surface area contributed by atoms with Gasteiger partial charge >= 0.3 is 0 Å². The van der Waals surface area contributed by atoms with E-state index in [1.54, 1.807) is 13.4 Å². The van der Waals surface area contributed by atoms with Gasteiger partial charge in [0.25, 0.3) is 0 Å². The monoisotopic (exact) mass is 283 g/mol. The maximum absolute atomic E-state index is 11.2. The van der Waals surface area contributed by atoms with Crippen molar-refractivity contribution in [2.75, 3.05) is 20.0 Å². The molecule has 1 rings (SSSR count). The van der Waals surface area contributed by atoms with Crippen LogP contribution in [0.25, 0.3) is 0 Å². The second-order valence-electron chi connectivity index (χ2n) is 4.30. The number of nitrogens with zero attached hydrogens (tertiary/aromatic N) is 1. The number of nitrogens with one attached hydrogen (secondary N) is 1. The minimum atomic E-state index is -0.947. The Morgan fingerprint density at radius 2 is 2.11 bits per heavy atom. The van der Waals surface area contributed by atoms with Crippen LogP contribution in [0.3, 0.4) is 0 Å². The number of guanidine groups is 1. The molecule has 0 aliphatic carbocycles. The zero-order valence-corrected chi connectivity index (χ0v) is 12.4. The van der Waals surface area contributed by atoms with Gasteiger partial charge in [0, 0.05) is 35.1 Å². The second kappa shape index (κ2) is 7.91. The van der Waals surface area contributed by atoms with Gasteiger partial charge in [0.05, 0.1) is 13.2 Å². The van der Waals surface area contributed by atoms with Crippen LogP contribution >= 0.6 is 0 Å². The van der Waals surface area contributed by atoms with Crippen LogP contribution in [0.5, 0.6) is 0 Å². The summed E-state index contributed by atoms with van der Waals surface area (Å²) in [5, 5.41) is 3.03. The Balaban J connectivity index is 2.52. The average Bonchev–Trinajstić information content (AvgIpc) is 2.37. The van der Waals surface area contributed by atoms with Gasteiger partial charge in [-0.2, -0.15) is 0 Å². The van der Waals surface area contributed by atoms with Crippen molar-refractivity contribution in [3.8, 4) is 0 Å². The van der Waals surface area contributed by atoms with Crippen LogP contribution in [0.15, 0.2) is 34.2 Å². The first-order valence-electron chi connectivity index (χ1n) is 6.00. The van der Waals surface area contributed by atoms with E-state index in [2.05, 4.69) is 10.3 Å². The fraction of sp³-hybridized carbons (Fsp3) is 0.462. The summed E-state index contributed by atoms with van der Waals surface area (Å²) in [6.07, 6.45) is 1.66. The average molecular weight is 283 g/mol. The number of benzene rings is 1. The molecule has 2 atom stereocenters. The van der Waals surface area contributed by atoms with E-state index in [1.807, 2.05) is 31.2 Å². The van der Waals surface area contributed by atoms with Crippen molar-refractivity contribution >= 4 is 16.8 Å². The number of aliphatic imine (C=N–C) groups is 1. The number of ether oxygens (including phenoxy) is 1. The van der Waals surface area contributed by atoms with Gasteiger partial charge in [-0.3, -0.25) is 4.21 Å². The quantitative estimate of drug-likeness (QED) is 0.600. The Morgan fingerprint density at radius 1 is 1.47 bits per heavy atom. The minimum absolute atomic E-state index is 0.124. The predicted octanol–water partition coefficient (Wildman–Crippen LogP) is 0.863. The van der Waals surface area contributed by atoms with Crippen molar-refractivity contribution in [3.63, 3.8) is 0 Å².